The van der Waals surface area contributed by atoms with Crippen LogP contribution in [0, 0.1) is 0 Å². The van der Waals surface area contributed by atoms with Gasteiger partial charge in [0.25, 0.3) is 11.8 Å². The molecule has 1 N–H and O–H groups in total. The molecule has 8 heteroatoms. The minimum Gasteiger partial charge on any atom is -0.459 e. The zero-order chi connectivity index (χ0) is 17.6. The van der Waals surface area contributed by atoms with E-state index < -0.39 is 5.97 Å². The number of nitrogens with one attached hydrogen (secondary N) is 1. The van der Waals surface area contributed by atoms with Gasteiger partial charge in [0.1, 0.15) is 0 Å². The first-order valence-electron chi connectivity index (χ1n) is 7.59. The van der Waals surface area contributed by atoms with E-state index in [1.807, 2.05) is 6.92 Å². The average Bonchev–Trinajstić information content (AvgIpc) is 3.32. The highest BCUT2D eigenvalue weighted by atomic mass is 16.5. The van der Waals surface area contributed by atoms with Crippen LogP contribution >= 0.6 is 0 Å². The number of hydrogen-bond donors (Lipinski definition) is 1. The zero-order valence-corrected chi connectivity index (χ0v) is 13.4. The number of esters is 1. The molecule has 0 fully saturated rings. The standard InChI is InChI=1S/C17H15N3O5/c1-2-14-19-20-15(25-14)10-24-17(22)11-5-7-12(8-6-11)18-16(21)13-4-3-9-23-13/h3-9H,2,10H2,1H3,(H,18,21). The lowest BCUT2D eigenvalue weighted by Gasteiger charge is -2.05. The molecular weight excluding hydrogens is 326 g/mol. The molecule has 1 amide bonds. The maximum Gasteiger partial charge on any atom is 0.338 e. The van der Waals surface area contributed by atoms with Crippen molar-refractivity contribution in [3.63, 3.8) is 0 Å². The van der Waals surface area contributed by atoms with Crippen LogP contribution in [0.15, 0.2) is 51.5 Å². The largest absolute Gasteiger partial charge is 0.459 e. The molecule has 0 atom stereocenters. The molecule has 0 unspecified atom stereocenters. The number of hydrogen-bond acceptors (Lipinski definition) is 7. The second-order valence-corrected chi connectivity index (χ2v) is 5.03. The number of carbonyl (C=O) groups excluding carboxylic acids is 2. The van der Waals surface area contributed by atoms with Crippen molar-refractivity contribution in [3.8, 4) is 0 Å². The minimum absolute atomic E-state index is 0.0944. The van der Waals surface area contributed by atoms with E-state index >= 15 is 0 Å². The Labute approximate surface area is 142 Å². The summed E-state index contributed by atoms with van der Waals surface area (Å²) in [6.07, 6.45) is 2.03. The van der Waals surface area contributed by atoms with E-state index in [1.165, 1.54) is 6.26 Å². The van der Waals surface area contributed by atoms with Crippen LogP contribution in [0.3, 0.4) is 0 Å². The Morgan fingerprint density at radius 3 is 2.52 bits per heavy atom. The number of ether oxygens (including phenoxy) is 1. The molecule has 0 saturated heterocycles. The highest BCUT2D eigenvalue weighted by molar-refractivity contribution is 6.02. The summed E-state index contributed by atoms with van der Waals surface area (Å²) in [4.78, 5) is 23.9. The van der Waals surface area contributed by atoms with Crippen molar-refractivity contribution < 1.29 is 23.2 Å². The molecule has 1 aromatic carbocycles. The third kappa shape index (κ3) is 4.11. The normalized spacial score (nSPS) is 10.4. The molecule has 0 aliphatic rings. The van der Waals surface area contributed by atoms with E-state index in [0.29, 0.717) is 23.6 Å². The van der Waals surface area contributed by atoms with Crippen molar-refractivity contribution in [2.75, 3.05) is 5.32 Å². The van der Waals surface area contributed by atoms with Crippen LogP contribution < -0.4 is 5.32 Å². The zero-order valence-electron chi connectivity index (χ0n) is 13.4. The van der Waals surface area contributed by atoms with Crippen molar-refractivity contribution in [3.05, 3.63) is 65.8 Å². The van der Waals surface area contributed by atoms with Crippen LogP contribution in [0.1, 0.15) is 39.6 Å². The predicted octanol–water partition coefficient (Wildman–Crippen LogP) is 2.83. The molecule has 128 valence electrons. The minimum atomic E-state index is -0.528. The smallest absolute Gasteiger partial charge is 0.338 e. The van der Waals surface area contributed by atoms with Gasteiger partial charge in [0.2, 0.25) is 5.89 Å². The van der Waals surface area contributed by atoms with Crippen LogP contribution in [0.25, 0.3) is 0 Å². The lowest BCUT2D eigenvalue weighted by atomic mass is 10.2. The van der Waals surface area contributed by atoms with Gasteiger partial charge in [-0.3, -0.25) is 4.79 Å². The van der Waals surface area contributed by atoms with Crippen LogP contribution in [0.4, 0.5) is 5.69 Å². The number of rotatable bonds is 6. The van der Waals surface area contributed by atoms with Crippen molar-refractivity contribution in [2.24, 2.45) is 0 Å². The predicted molar refractivity (Wildman–Crippen MR) is 85.9 cm³/mol. The molecule has 2 heterocycles. The van der Waals surface area contributed by atoms with Crippen LogP contribution in [-0.4, -0.2) is 22.1 Å². The number of amides is 1. The van der Waals surface area contributed by atoms with Crippen LogP contribution in [-0.2, 0) is 17.8 Å². The fraction of sp³-hybridized carbons (Fsp3) is 0.176. The SMILES string of the molecule is CCc1nnc(COC(=O)c2ccc(NC(=O)c3ccco3)cc2)o1. The summed E-state index contributed by atoms with van der Waals surface area (Å²) in [6.45, 7) is 1.79. The molecule has 3 rings (SSSR count). The molecule has 0 aliphatic heterocycles. The number of benzene rings is 1. The van der Waals surface area contributed by atoms with E-state index in [-0.39, 0.29) is 24.2 Å². The molecule has 2 aromatic heterocycles. The maximum atomic E-state index is 12.0. The van der Waals surface area contributed by atoms with Gasteiger partial charge >= 0.3 is 5.97 Å². The van der Waals surface area contributed by atoms with Gasteiger partial charge < -0.3 is 18.9 Å². The number of furan rings is 1. The van der Waals surface area contributed by atoms with E-state index in [0.717, 1.165) is 0 Å². The Morgan fingerprint density at radius 1 is 1.12 bits per heavy atom. The summed E-state index contributed by atoms with van der Waals surface area (Å²) >= 11 is 0. The summed E-state index contributed by atoms with van der Waals surface area (Å²) in [5, 5.41) is 10.2. The average molecular weight is 341 g/mol. The van der Waals surface area contributed by atoms with Gasteiger partial charge in [-0.2, -0.15) is 0 Å². The van der Waals surface area contributed by atoms with Gasteiger partial charge in [-0.15, -0.1) is 10.2 Å². The highest BCUT2D eigenvalue weighted by Crippen LogP contribution is 2.13. The summed E-state index contributed by atoms with van der Waals surface area (Å²) in [7, 11) is 0. The molecule has 3 aromatic rings. The third-order valence-electron chi connectivity index (χ3n) is 3.26. The number of nitrogens with zero attached hydrogens (tertiary/aromatic N) is 2. The monoisotopic (exact) mass is 341 g/mol. The number of carbonyl (C=O) groups is 2. The first kappa shape index (κ1) is 16.4. The van der Waals surface area contributed by atoms with Crippen molar-refractivity contribution in [1.82, 2.24) is 10.2 Å². The first-order chi connectivity index (χ1) is 12.2. The highest BCUT2D eigenvalue weighted by Gasteiger charge is 2.12. The van der Waals surface area contributed by atoms with Gasteiger partial charge in [0.15, 0.2) is 12.4 Å². The third-order valence-corrected chi connectivity index (χ3v) is 3.26. The summed E-state index contributed by atoms with van der Waals surface area (Å²) in [5.41, 5.74) is 0.869. The summed E-state index contributed by atoms with van der Waals surface area (Å²) in [5.74, 6) is 0.0355. The number of aromatic nitrogens is 2. The van der Waals surface area contributed by atoms with Gasteiger partial charge in [0, 0.05) is 12.1 Å². The Bertz CT molecular complexity index is 853. The first-order valence-corrected chi connectivity index (χ1v) is 7.59. The van der Waals surface area contributed by atoms with E-state index in [4.69, 9.17) is 13.6 Å². The topological polar surface area (TPSA) is 107 Å². The van der Waals surface area contributed by atoms with Crippen molar-refractivity contribution >= 4 is 17.6 Å². The molecule has 0 saturated carbocycles. The van der Waals surface area contributed by atoms with Crippen LogP contribution in [0.5, 0.6) is 0 Å². The van der Waals surface area contributed by atoms with Crippen molar-refractivity contribution in [2.45, 2.75) is 20.0 Å². The Hall–Kier alpha value is -3.42. The maximum absolute atomic E-state index is 12.0. The molecule has 8 nitrogen and oxygen atoms in total. The fourth-order valence-electron chi connectivity index (χ4n) is 1.99. The number of anilines is 1. The number of aryl methyl sites for hydroxylation is 1. The van der Waals surface area contributed by atoms with Crippen molar-refractivity contribution in [1.29, 1.82) is 0 Å². The second kappa shape index (κ2) is 7.43. The van der Waals surface area contributed by atoms with E-state index in [1.54, 1.807) is 36.4 Å². The van der Waals surface area contributed by atoms with E-state index in [2.05, 4.69) is 15.5 Å². The quantitative estimate of drug-likeness (QED) is 0.687. The Kier molecular flexibility index (Phi) is 4.89. The van der Waals surface area contributed by atoms with Gasteiger partial charge in [0.05, 0.1) is 11.8 Å². The fourth-order valence-corrected chi connectivity index (χ4v) is 1.99. The van der Waals surface area contributed by atoms with Crippen LogP contribution in [0.2, 0.25) is 0 Å². The lowest BCUT2D eigenvalue weighted by Crippen LogP contribution is -2.11. The van der Waals surface area contributed by atoms with Gasteiger partial charge in [-0.1, -0.05) is 6.92 Å². The van der Waals surface area contributed by atoms with Gasteiger partial charge in [-0.25, -0.2) is 4.79 Å². The molecular formula is C17H15N3O5. The Balaban J connectivity index is 1.55. The molecule has 25 heavy (non-hydrogen) atoms. The molecule has 0 spiro atoms. The summed E-state index contributed by atoms with van der Waals surface area (Å²) in [6, 6.07) is 9.47. The molecule has 0 aliphatic carbocycles. The molecule has 0 radical (unpaired) electrons. The van der Waals surface area contributed by atoms with Gasteiger partial charge in [-0.05, 0) is 36.4 Å². The lowest BCUT2D eigenvalue weighted by molar-refractivity contribution is 0.0436. The summed E-state index contributed by atoms with van der Waals surface area (Å²) < 4.78 is 15.4. The van der Waals surface area contributed by atoms with E-state index in [9.17, 15) is 9.59 Å². The molecule has 0 bridgehead atoms. The Morgan fingerprint density at radius 2 is 1.88 bits per heavy atom. The second-order valence-electron chi connectivity index (χ2n) is 5.03.